The number of carboxylic acid groups (broad SMARTS) is 1. The maximum Gasteiger partial charge on any atom is 0.303 e. The molecule has 0 aromatic heterocycles. The smallest absolute Gasteiger partial charge is 0.303 e. The summed E-state index contributed by atoms with van der Waals surface area (Å²) in [5.74, 6) is -4.27. The normalized spacial score (nSPS) is 17.4. The number of hydrogen-bond acceptors (Lipinski definition) is 9. The molecule has 218 valence electrons. The molecule has 41 heavy (non-hydrogen) atoms. The Morgan fingerprint density at radius 3 is 2.37 bits per heavy atom. The van der Waals surface area contributed by atoms with Crippen LogP contribution >= 0.6 is 0 Å². The zero-order valence-corrected chi connectivity index (χ0v) is 22.0. The topological polar surface area (TPSA) is 249 Å². The minimum atomic E-state index is -1.38. The number of fused-ring (bicyclic) bond motifs is 2. The molecule has 1 heterocycles. The molecule has 2 aromatic carbocycles. The number of rotatable bonds is 9. The highest BCUT2D eigenvalue weighted by Crippen LogP contribution is 2.26. The van der Waals surface area contributed by atoms with Crippen molar-refractivity contribution in [1.82, 2.24) is 10.6 Å². The average Bonchev–Trinajstić information content (AvgIpc) is 2.92. The largest absolute Gasteiger partial charge is 0.481 e. The molecule has 0 radical (unpaired) electrons. The number of carbonyl (C=O) groups excluding carboxylic acids is 4. The summed E-state index contributed by atoms with van der Waals surface area (Å²) in [6.07, 6.45) is 0.402. The van der Waals surface area contributed by atoms with Crippen LogP contribution in [0.15, 0.2) is 36.4 Å². The quantitative estimate of drug-likeness (QED) is 0.127. The maximum atomic E-state index is 13.4. The van der Waals surface area contributed by atoms with E-state index in [0.29, 0.717) is 24.9 Å². The Morgan fingerprint density at radius 2 is 1.71 bits per heavy atom. The summed E-state index contributed by atoms with van der Waals surface area (Å²) in [6.45, 7) is 0.362. The van der Waals surface area contributed by atoms with E-state index in [1.54, 1.807) is 6.07 Å². The highest BCUT2D eigenvalue weighted by Gasteiger charge is 2.29. The number of anilines is 2. The summed E-state index contributed by atoms with van der Waals surface area (Å²) in [6, 6.07) is 5.42. The van der Waals surface area contributed by atoms with Gasteiger partial charge in [-0.15, -0.1) is 0 Å². The molecule has 1 aliphatic rings. The molecule has 3 rings (SSSR count). The van der Waals surface area contributed by atoms with Gasteiger partial charge in [-0.25, -0.2) is 0 Å². The summed E-state index contributed by atoms with van der Waals surface area (Å²) in [5.41, 5.74) is 11.4. The molecule has 0 spiro atoms. The third kappa shape index (κ3) is 8.22. The Kier molecular flexibility index (Phi) is 10.3. The van der Waals surface area contributed by atoms with E-state index in [0.717, 1.165) is 6.07 Å². The summed E-state index contributed by atoms with van der Waals surface area (Å²) in [4.78, 5) is 73.8. The van der Waals surface area contributed by atoms with Gasteiger partial charge in [0, 0.05) is 42.0 Å². The Hall–Kier alpha value is -5.05. The molecule has 0 unspecified atom stereocenters. The number of nitrogens with one attached hydrogen (secondary N) is 4. The van der Waals surface area contributed by atoms with Crippen molar-refractivity contribution in [3.63, 3.8) is 0 Å². The van der Waals surface area contributed by atoms with Gasteiger partial charge in [0.1, 0.15) is 12.1 Å². The first-order chi connectivity index (χ1) is 19.5. The number of primary amides is 1. The third-order valence-electron chi connectivity index (χ3n) is 6.43. The minimum absolute atomic E-state index is 0.0133. The molecule has 0 aliphatic carbocycles. The summed E-state index contributed by atoms with van der Waals surface area (Å²) in [7, 11) is 0. The van der Waals surface area contributed by atoms with Gasteiger partial charge in [0.25, 0.3) is 11.6 Å². The number of nitro benzene ring substituents is 1. The fourth-order valence-corrected chi connectivity index (χ4v) is 4.20. The zero-order chi connectivity index (χ0) is 30.1. The number of aliphatic carboxylic acids is 1. The lowest BCUT2D eigenvalue weighted by atomic mass is 10.0. The van der Waals surface area contributed by atoms with Crippen molar-refractivity contribution in [2.45, 2.75) is 50.7 Å². The fourth-order valence-electron chi connectivity index (χ4n) is 4.20. The van der Waals surface area contributed by atoms with Crippen LogP contribution < -0.4 is 32.7 Å². The zero-order valence-electron chi connectivity index (χ0n) is 22.0. The predicted octanol–water partition coefficient (Wildman–Crippen LogP) is 0.835. The van der Waals surface area contributed by atoms with Crippen LogP contribution in [0.25, 0.3) is 0 Å². The lowest BCUT2D eigenvalue weighted by Crippen LogP contribution is -2.53. The van der Waals surface area contributed by atoms with Gasteiger partial charge in [-0.2, -0.15) is 0 Å². The highest BCUT2D eigenvalue weighted by molar-refractivity contribution is 6.04. The molecular weight excluding hydrogens is 538 g/mol. The minimum Gasteiger partial charge on any atom is -0.481 e. The van der Waals surface area contributed by atoms with Gasteiger partial charge < -0.3 is 37.8 Å². The number of benzene rings is 2. The second-order valence-corrected chi connectivity index (χ2v) is 9.37. The van der Waals surface area contributed by atoms with Crippen molar-refractivity contribution in [2.75, 3.05) is 17.2 Å². The molecule has 0 saturated carbocycles. The van der Waals surface area contributed by atoms with Crippen molar-refractivity contribution in [2.24, 2.45) is 11.5 Å². The van der Waals surface area contributed by atoms with Crippen molar-refractivity contribution >= 4 is 46.7 Å². The van der Waals surface area contributed by atoms with E-state index in [9.17, 15) is 39.2 Å². The van der Waals surface area contributed by atoms with Crippen LogP contribution in [0.3, 0.4) is 0 Å². The molecule has 2 aromatic rings. The highest BCUT2D eigenvalue weighted by atomic mass is 16.6. The molecule has 0 fully saturated rings. The number of nitro groups is 1. The molecule has 4 amide bonds. The van der Waals surface area contributed by atoms with Gasteiger partial charge in [-0.3, -0.25) is 34.1 Å². The van der Waals surface area contributed by atoms with Crippen LogP contribution in [0.1, 0.15) is 58.4 Å². The predicted molar refractivity (Wildman–Crippen MR) is 147 cm³/mol. The van der Waals surface area contributed by atoms with Gasteiger partial charge in [0.15, 0.2) is 0 Å². The molecule has 0 bridgehead atoms. The van der Waals surface area contributed by atoms with Gasteiger partial charge in [0.05, 0.1) is 10.5 Å². The van der Waals surface area contributed by atoms with Crippen molar-refractivity contribution in [3.05, 3.63) is 63.2 Å². The number of unbranched alkanes of at least 4 members (excludes halogenated alkanes) is 1. The van der Waals surface area contributed by atoms with E-state index < -0.39 is 53.0 Å². The van der Waals surface area contributed by atoms with Gasteiger partial charge in [-0.05, 0) is 56.0 Å². The van der Waals surface area contributed by atoms with Gasteiger partial charge in [-0.1, -0.05) is 6.07 Å². The fraction of sp³-hybridized carbons (Fsp3) is 0.346. The number of carboxylic acids is 1. The monoisotopic (exact) mass is 569 g/mol. The molecule has 15 nitrogen and oxygen atoms in total. The molecular formula is C26H31N7O8. The maximum absolute atomic E-state index is 13.4. The third-order valence-corrected chi connectivity index (χ3v) is 6.43. The number of hydrogen-bond donors (Lipinski definition) is 7. The van der Waals surface area contributed by atoms with Gasteiger partial charge >= 0.3 is 5.97 Å². The first-order valence-electron chi connectivity index (χ1n) is 12.8. The molecule has 15 heteroatoms. The lowest BCUT2D eigenvalue weighted by molar-refractivity contribution is -0.384. The number of amides is 4. The van der Waals surface area contributed by atoms with Crippen LogP contribution in [-0.2, 0) is 20.9 Å². The van der Waals surface area contributed by atoms with Crippen LogP contribution in [0.2, 0.25) is 0 Å². The molecule has 9 N–H and O–H groups in total. The number of non-ortho nitro benzene ring substituents is 1. The Labute approximate surface area is 234 Å². The summed E-state index contributed by atoms with van der Waals surface area (Å²) >= 11 is 0. The number of nitrogens with zero attached hydrogens (tertiary/aromatic N) is 1. The van der Waals surface area contributed by atoms with Crippen molar-refractivity contribution in [1.29, 1.82) is 0 Å². The van der Waals surface area contributed by atoms with Crippen LogP contribution in [0.4, 0.5) is 17.1 Å². The summed E-state index contributed by atoms with van der Waals surface area (Å²) < 4.78 is 0. The first-order valence-corrected chi connectivity index (χ1v) is 12.8. The van der Waals surface area contributed by atoms with E-state index in [1.165, 1.54) is 24.3 Å². The Morgan fingerprint density at radius 1 is 0.976 bits per heavy atom. The van der Waals surface area contributed by atoms with E-state index in [1.807, 2.05) is 0 Å². The average molecular weight is 570 g/mol. The van der Waals surface area contributed by atoms with Crippen LogP contribution in [0.5, 0.6) is 0 Å². The Balaban J connectivity index is 2.11. The van der Waals surface area contributed by atoms with Crippen molar-refractivity contribution < 1.29 is 34.0 Å². The SMILES string of the molecule is NCCCC[C@@H]1NC(=O)[C@H](CCC(=O)O)NC(=O)c2cc([N+](=O)[O-])ccc2NCc2ccc(C(N)=O)cc2NC1=O. The summed E-state index contributed by atoms with van der Waals surface area (Å²) in [5, 5.41) is 31.4. The van der Waals surface area contributed by atoms with Crippen LogP contribution in [-0.4, -0.2) is 58.3 Å². The van der Waals surface area contributed by atoms with Crippen LogP contribution in [0, 0.1) is 10.1 Å². The number of carbonyl (C=O) groups is 5. The van der Waals surface area contributed by atoms with E-state index in [2.05, 4.69) is 21.3 Å². The van der Waals surface area contributed by atoms with E-state index in [4.69, 9.17) is 11.5 Å². The van der Waals surface area contributed by atoms with E-state index in [-0.39, 0.29) is 47.6 Å². The van der Waals surface area contributed by atoms with Crippen molar-refractivity contribution in [3.8, 4) is 0 Å². The molecule has 1 aliphatic heterocycles. The molecule has 0 saturated heterocycles. The molecule has 2 atom stereocenters. The van der Waals surface area contributed by atoms with E-state index >= 15 is 0 Å². The second kappa shape index (κ2) is 13.8. The van der Waals surface area contributed by atoms with Gasteiger partial charge in [0.2, 0.25) is 17.7 Å². The number of nitrogens with two attached hydrogens (primary N) is 2. The Bertz CT molecular complexity index is 1360. The lowest BCUT2D eigenvalue weighted by Gasteiger charge is -2.25. The second-order valence-electron chi connectivity index (χ2n) is 9.37. The standard InChI is InChI=1S/C26H31N7O8/c27-10-2-1-3-19-25(38)32-21-11-14(23(28)36)4-5-15(21)13-29-18-7-6-16(33(40)41)12-17(18)24(37)30-20(26(39)31-19)8-9-22(34)35/h4-7,11-12,19-20,29H,1-3,8-10,13,27H2,(H2,28,36)(H,30,37)(H,31,39)(H,32,38)(H,34,35)/t19-,20-/m0/s1. The first kappa shape index (κ1) is 30.5.